The molecule has 0 radical (unpaired) electrons. The van der Waals surface area contributed by atoms with Crippen molar-refractivity contribution in [3.63, 3.8) is 0 Å². The average molecular weight is 319 g/mol. The smallest absolute Gasteiger partial charge is 0.270 e. The van der Waals surface area contributed by atoms with Crippen LogP contribution in [0.4, 0.5) is 10.1 Å². The van der Waals surface area contributed by atoms with Crippen LogP contribution in [0.1, 0.15) is 0 Å². The predicted octanol–water partition coefficient (Wildman–Crippen LogP) is 0.000600. The van der Waals surface area contributed by atoms with Gasteiger partial charge in [0.2, 0.25) is 10.0 Å². The number of sulfonamides is 1. The molecule has 1 fully saturated rings. The number of ether oxygens (including phenoxy) is 1. The monoisotopic (exact) mass is 319 g/mol. The maximum Gasteiger partial charge on any atom is 0.270 e. The van der Waals surface area contributed by atoms with E-state index in [2.05, 4.69) is 10.0 Å². The van der Waals surface area contributed by atoms with Crippen LogP contribution >= 0.6 is 0 Å². The molecule has 1 aliphatic rings. The number of rotatable bonds is 5. The van der Waals surface area contributed by atoms with Crippen molar-refractivity contribution in [1.82, 2.24) is 10.0 Å². The van der Waals surface area contributed by atoms with Gasteiger partial charge in [-0.2, -0.15) is 0 Å². The Labute approximate surface area is 120 Å². The van der Waals surface area contributed by atoms with Gasteiger partial charge < -0.3 is 10.1 Å². The number of hydrogen-bond acceptors (Lipinski definition) is 6. The lowest BCUT2D eigenvalue weighted by atomic mass is 10.3. The lowest BCUT2D eigenvalue weighted by Gasteiger charge is -2.23. The van der Waals surface area contributed by atoms with Crippen LogP contribution in [0.15, 0.2) is 23.1 Å². The fraction of sp³-hybridized carbons (Fsp3) is 0.455. The summed E-state index contributed by atoms with van der Waals surface area (Å²) < 4.78 is 45.1. The van der Waals surface area contributed by atoms with Crippen molar-refractivity contribution in [1.29, 1.82) is 0 Å². The van der Waals surface area contributed by atoms with Crippen LogP contribution in [0.2, 0.25) is 0 Å². The summed E-state index contributed by atoms with van der Waals surface area (Å²) in [5.41, 5.74) is -0.490. The van der Waals surface area contributed by atoms with Crippen molar-refractivity contribution in [2.75, 3.05) is 26.3 Å². The van der Waals surface area contributed by atoms with Gasteiger partial charge in [-0.25, -0.2) is 17.5 Å². The molecule has 1 aliphatic heterocycles. The SMILES string of the molecule is O=[N+]([O-])c1ccc(F)c(S(=O)(=O)NCC2COCCN2)c1. The van der Waals surface area contributed by atoms with E-state index in [1.807, 2.05) is 0 Å². The maximum atomic E-state index is 13.6. The summed E-state index contributed by atoms with van der Waals surface area (Å²) in [5, 5.41) is 13.7. The van der Waals surface area contributed by atoms with E-state index in [0.29, 0.717) is 25.8 Å². The second-order valence-corrected chi connectivity index (χ2v) is 6.19. The zero-order chi connectivity index (χ0) is 15.5. The predicted molar refractivity (Wildman–Crippen MR) is 70.9 cm³/mol. The van der Waals surface area contributed by atoms with Gasteiger partial charge in [0.25, 0.3) is 5.69 Å². The van der Waals surface area contributed by atoms with Gasteiger partial charge in [0, 0.05) is 31.3 Å². The molecule has 0 spiro atoms. The summed E-state index contributed by atoms with van der Waals surface area (Å²) in [5.74, 6) is -1.04. The van der Waals surface area contributed by atoms with E-state index in [4.69, 9.17) is 4.74 Å². The van der Waals surface area contributed by atoms with Gasteiger partial charge in [0.15, 0.2) is 0 Å². The highest BCUT2D eigenvalue weighted by Crippen LogP contribution is 2.20. The first-order chi connectivity index (χ1) is 9.90. The number of halogens is 1. The minimum absolute atomic E-state index is 0.00443. The van der Waals surface area contributed by atoms with Gasteiger partial charge in [0.1, 0.15) is 10.7 Å². The molecule has 2 N–H and O–H groups in total. The maximum absolute atomic E-state index is 13.6. The van der Waals surface area contributed by atoms with E-state index in [-0.39, 0.29) is 12.6 Å². The van der Waals surface area contributed by atoms with E-state index in [0.717, 1.165) is 12.1 Å². The Bertz CT molecular complexity index is 631. The molecule has 8 nitrogen and oxygen atoms in total. The largest absolute Gasteiger partial charge is 0.378 e. The molecule has 0 amide bonds. The van der Waals surface area contributed by atoms with Gasteiger partial charge >= 0.3 is 0 Å². The first-order valence-electron chi connectivity index (χ1n) is 6.15. The summed E-state index contributed by atoms with van der Waals surface area (Å²) in [6.45, 7) is 1.48. The molecule has 116 valence electrons. The van der Waals surface area contributed by atoms with Gasteiger partial charge in [-0.05, 0) is 6.07 Å². The fourth-order valence-electron chi connectivity index (χ4n) is 1.85. The summed E-state index contributed by atoms with van der Waals surface area (Å²) in [6.07, 6.45) is 0. The van der Waals surface area contributed by atoms with Crippen LogP contribution in [0.3, 0.4) is 0 Å². The first-order valence-corrected chi connectivity index (χ1v) is 7.63. The van der Waals surface area contributed by atoms with Crippen LogP contribution in [-0.4, -0.2) is 45.7 Å². The Morgan fingerprint density at radius 3 is 2.90 bits per heavy atom. The number of nitro groups is 1. The van der Waals surface area contributed by atoms with Crippen molar-refractivity contribution in [3.8, 4) is 0 Å². The van der Waals surface area contributed by atoms with E-state index in [1.54, 1.807) is 0 Å². The number of non-ortho nitro benzene ring substituents is 1. The molecule has 0 saturated carbocycles. The van der Waals surface area contributed by atoms with E-state index in [1.165, 1.54) is 0 Å². The molecular formula is C11H14FN3O5S. The Balaban J connectivity index is 2.14. The lowest BCUT2D eigenvalue weighted by Crippen LogP contribution is -2.48. The number of morpholine rings is 1. The van der Waals surface area contributed by atoms with Gasteiger partial charge in [0.05, 0.1) is 18.1 Å². The Kier molecular flexibility index (Phi) is 4.83. The Morgan fingerprint density at radius 2 is 2.29 bits per heavy atom. The van der Waals surface area contributed by atoms with E-state index >= 15 is 0 Å². The lowest BCUT2D eigenvalue weighted by molar-refractivity contribution is -0.385. The number of hydrogen-bond donors (Lipinski definition) is 2. The third-order valence-corrected chi connectivity index (χ3v) is 4.37. The third-order valence-electron chi connectivity index (χ3n) is 2.93. The second kappa shape index (κ2) is 6.43. The van der Waals surface area contributed by atoms with Crippen molar-refractivity contribution < 1.29 is 22.5 Å². The molecule has 2 rings (SSSR count). The highest BCUT2D eigenvalue weighted by atomic mass is 32.2. The van der Waals surface area contributed by atoms with Gasteiger partial charge in [-0.3, -0.25) is 10.1 Å². The molecule has 0 aliphatic carbocycles. The van der Waals surface area contributed by atoms with Crippen molar-refractivity contribution in [2.24, 2.45) is 0 Å². The van der Waals surface area contributed by atoms with Crippen molar-refractivity contribution in [3.05, 3.63) is 34.1 Å². The van der Waals surface area contributed by atoms with E-state index in [9.17, 15) is 22.9 Å². The highest BCUT2D eigenvalue weighted by Gasteiger charge is 2.24. The summed E-state index contributed by atoms with van der Waals surface area (Å²) >= 11 is 0. The Hall–Kier alpha value is -1.62. The molecule has 1 atom stereocenters. The molecule has 1 saturated heterocycles. The second-order valence-electron chi connectivity index (χ2n) is 4.45. The van der Waals surface area contributed by atoms with Gasteiger partial charge in [-0.15, -0.1) is 0 Å². The molecule has 0 bridgehead atoms. The minimum atomic E-state index is -4.17. The molecule has 1 aromatic carbocycles. The van der Waals surface area contributed by atoms with Crippen LogP contribution < -0.4 is 10.0 Å². The van der Waals surface area contributed by atoms with Crippen LogP contribution in [-0.2, 0) is 14.8 Å². The topological polar surface area (TPSA) is 111 Å². The van der Waals surface area contributed by atoms with Crippen LogP contribution in [0.5, 0.6) is 0 Å². The highest BCUT2D eigenvalue weighted by molar-refractivity contribution is 7.89. The molecule has 0 aromatic heterocycles. The van der Waals surface area contributed by atoms with Crippen molar-refractivity contribution >= 4 is 15.7 Å². The summed E-state index contributed by atoms with van der Waals surface area (Å²) in [4.78, 5) is 9.11. The number of benzene rings is 1. The molecule has 1 aromatic rings. The number of nitrogens with one attached hydrogen (secondary N) is 2. The van der Waals surface area contributed by atoms with E-state index < -0.39 is 31.3 Å². The molecule has 10 heteroatoms. The quantitative estimate of drug-likeness (QED) is 0.584. The molecular weight excluding hydrogens is 305 g/mol. The molecule has 1 heterocycles. The van der Waals surface area contributed by atoms with Crippen LogP contribution in [0, 0.1) is 15.9 Å². The summed E-state index contributed by atoms with van der Waals surface area (Å²) in [7, 11) is -4.17. The normalized spacial score (nSPS) is 19.4. The molecule has 21 heavy (non-hydrogen) atoms. The average Bonchev–Trinajstić information content (AvgIpc) is 2.46. The zero-order valence-electron chi connectivity index (χ0n) is 10.9. The van der Waals surface area contributed by atoms with Crippen molar-refractivity contribution in [2.45, 2.75) is 10.9 Å². The molecule has 1 unspecified atom stereocenters. The third kappa shape index (κ3) is 3.94. The standard InChI is InChI=1S/C11H14FN3O5S/c12-10-2-1-9(15(16)17)5-11(10)21(18,19)14-6-8-7-20-4-3-13-8/h1-2,5,8,13-14H,3-4,6-7H2. The number of nitrogens with zero attached hydrogens (tertiary/aromatic N) is 1. The summed E-state index contributed by atoms with van der Waals surface area (Å²) in [6, 6.07) is 2.14. The van der Waals surface area contributed by atoms with Gasteiger partial charge in [-0.1, -0.05) is 0 Å². The zero-order valence-corrected chi connectivity index (χ0v) is 11.7. The number of nitro benzene ring substituents is 1. The minimum Gasteiger partial charge on any atom is -0.378 e. The Morgan fingerprint density at radius 1 is 1.52 bits per heavy atom. The first kappa shape index (κ1) is 15.8. The van der Waals surface area contributed by atoms with Crippen LogP contribution in [0.25, 0.3) is 0 Å². The fourth-order valence-corrected chi connectivity index (χ4v) is 3.03.